The number of pyridine rings is 1. The number of halogens is 3. The molecule has 1 heterocycles. The van der Waals surface area contributed by atoms with E-state index in [2.05, 4.69) is 4.98 Å². The number of hydrogen-bond acceptors (Lipinski definition) is 3. The van der Waals surface area contributed by atoms with Crippen LogP contribution in [0.5, 0.6) is 5.75 Å². The first-order chi connectivity index (χ1) is 6.60. The molecule has 0 N–H and O–H groups in total. The third kappa shape index (κ3) is 1.91. The molecule has 1 aromatic heterocycles. The molecule has 3 nitrogen and oxygen atoms in total. The molecule has 0 saturated carbocycles. The summed E-state index contributed by atoms with van der Waals surface area (Å²) in [5.74, 6) is 0.0218. The van der Waals surface area contributed by atoms with Gasteiger partial charge in [0.1, 0.15) is 28.2 Å². The highest BCUT2D eigenvalue weighted by molar-refractivity contribution is 6.32. The van der Waals surface area contributed by atoms with Crippen molar-refractivity contribution in [3.63, 3.8) is 0 Å². The van der Waals surface area contributed by atoms with Crippen LogP contribution >= 0.6 is 11.6 Å². The van der Waals surface area contributed by atoms with Crippen LogP contribution in [0.15, 0.2) is 6.07 Å². The van der Waals surface area contributed by atoms with Crippen LogP contribution in [-0.2, 0) is 0 Å². The summed E-state index contributed by atoms with van der Waals surface area (Å²) in [6.07, 6.45) is -2.83. The van der Waals surface area contributed by atoms with Gasteiger partial charge >= 0.3 is 0 Å². The molecule has 0 aliphatic rings. The van der Waals surface area contributed by atoms with Gasteiger partial charge in [-0.1, -0.05) is 11.6 Å². The summed E-state index contributed by atoms with van der Waals surface area (Å²) < 4.78 is 29.4. The van der Waals surface area contributed by atoms with E-state index < -0.39 is 12.1 Å². The van der Waals surface area contributed by atoms with Gasteiger partial charge in [0, 0.05) is 6.07 Å². The van der Waals surface area contributed by atoms with Gasteiger partial charge in [-0.3, -0.25) is 0 Å². The number of nitrogens with zero attached hydrogens (tertiary/aromatic N) is 2. The van der Waals surface area contributed by atoms with E-state index in [1.165, 1.54) is 13.2 Å². The highest BCUT2D eigenvalue weighted by atomic mass is 35.5. The number of rotatable bonds is 2. The maximum atomic E-state index is 12.3. The molecule has 0 amide bonds. The number of methoxy groups -OCH3 is 1. The summed E-state index contributed by atoms with van der Waals surface area (Å²) in [6, 6.07) is 2.84. The van der Waals surface area contributed by atoms with Crippen molar-refractivity contribution < 1.29 is 13.5 Å². The van der Waals surface area contributed by atoms with E-state index in [0.29, 0.717) is 0 Å². The van der Waals surface area contributed by atoms with Crippen molar-refractivity contribution in [2.24, 2.45) is 0 Å². The normalized spacial score (nSPS) is 10.0. The number of aromatic nitrogens is 1. The van der Waals surface area contributed by atoms with Gasteiger partial charge in [-0.15, -0.1) is 0 Å². The lowest BCUT2D eigenvalue weighted by molar-refractivity contribution is 0.145. The minimum absolute atomic E-state index is 0.0218. The average molecular weight is 219 g/mol. The first-order valence-corrected chi connectivity index (χ1v) is 3.90. The lowest BCUT2D eigenvalue weighted by Crippen LogP contribution is -1.97. The first-order valence-electron chi connectivity index (χ1n) is 3.52. The molecule has 0 atom stereocenters. The van der Waals surface area contributed by atoms with Gasteiger partial charge in [0.25, 0.3) is 6.43 Å². The van der Waals surface area contributed by atoms with Crippen molar-refractivity contribution in [1.82, 2.24) is 4.98 Å². The summed E-state index contributed by atoms with van der Waals surface area (Å²) in [6.45, 7) is 0. The Balaban J connectivity index is 3.36. The van der Waals surface area contributed by atoms with Crippen LogP contribution in [0.1, 0.15) is 17.8 Å². The molecule has 0 radical (unpaired) electrons. The van der Waals surface area contributed by atoms with Gasteiger partial charge < -0.3 is 4.74 Å². The molecular formula is C8H5ClF2N2O. The summed E-state index contributed by atoms with van der Waals surface area (Å²) in [7, 11) is 1.28. The highest BCUT2D eigenvalue weighted by Gasteiger charge is 2.19. The number of ether oxygens (including phenoxy) is 1. The van der Waals surface area contributed by atoms with Crippen LogP contribution in [0, 0.1) is 11.3 Å². The molecule has 14 heavy (non-hydrogen) atoms. The third-order valence-electron chi connectivity index (χ3n) is 1.49. The second kappa shape index (κ2) is 4.20. The monoisotopic (exact) mass is 218 g/mol. The minimum Gasteiger partial charge on any atom is -0.495 e. The zero-order chi connectivity index (χ0) is 10.7. The van der Waals surface area contributed by atoms with E-state index in [9.17, 15) is 8.78 Å². The van der Waals surface area contributed by atoms with E-state index in [1.54, 1.807) is 6.07 Å². The van der Waals surface area contributed by atoms with Gasteiger partial charge in [-0.25, -0.2) is 13.8 Å². The Morgan fingerprint density at radius 1 is 1.64 bits per heavy atom. The standard InChI is InChI=1S/C8H5ClF2N2O/c1-14-5-2-4(3-12)13-7(6(5)9)8(10)11/h2,8H,1H3. The van der Waals surface area contributed by atoms with Crippen molar-refractivity contribution >= 4 is 11.6 Å². The Morgan fingerprint density at radius 2 is 2.29 bits per heavy atom. The highest BCUT2D eigenvalue weighted by Crippen LogP contribution is 2.33. The molecule has 0 aromatic carbocycles. The molecule has 0 bridgehead atoms. The predicted molar refractivity (Wildman–Crippen MR) is 45.5 cm³/mol. The van der Waals surface area contributed by atoms with Crippen molar-refractivity contribution in [2.45, 2.75) is 6.43 Å². The number of hydrogen-bond donors (Lipinski definition) is 0. The number of alkyl halides is 2. The summed E-state index contributed by atoms with van der Waals surface area (Å²) >= 11 is 5.56. The van der Waals surface area contributed by atoms with Crippen LogP contribution < -0.4 is 4.74 Å². The van der Waals surface area contributed by atoms with E-state index in [1.807, 2.05) is 0 Å². The molecule has 6 heteroatoms. The maximum absolute atomic E-state index is 12.3. The smallest absolute Gasteiger partial charge is 0.282 e. The Morgan fingerprint density at radius 3 is 2.71 bits per heavy atom. The fourth-order valence-corrected chi connectivity index (χ4v) is 1.13. The van der Waals surface area contributed by atoms with E-state index >= 15 is 0 Å². The predicted octanol–water partition coefficient (Wildman–Crippen LogP) is 2.55. The lowest BCUT2D eigenvalue weighted by Gasteiger charge is -2.07. The van der Waals surface area contributed by atoms with Crippen molar-refractivity contribution in [2.75, 3.05) is 7.11 Å². The summed E-state index contributed by atoms with van der Waals surface area (Å²) in [5.41, 5.74) is -0.788. The van der Waals surface area contributed by atoms with Gasteiger partial charge in [0.05, 0.1) is 7.11 Å². The zero-order valence-electron chi connectivity index (χ0n) is 7.09. The van der Waals surface area contributed by atoms with Crippen LogP contribution in [0.4, 0.5) is 8.78 Å². The topological polar surface area (TPSA) is 45.9 Å². The fourth-order valence-electron chi connectivity index (χ4n) is 0.875. The second-order valence-electron chi connectivity index (χ2n) is 2.32. The van der Waals surface area contributed by atoms with Gasteiger partial charge in [0.15, 0.2) is 0 Å². The minimum atomic E-state index is -2.83. The van der Waals surface area contributed by atoms with Crippen LogP contribution in [0.3, 0.4) is 0 Å². The van der Waals surface area contributed by atoms with Crippen molar-refractivity contribution in [1.29, 1.82) is 5.26 Å². The molecule has 74 valence electrons. The molecule has 0 fully saturated rings. The molecule has 0 aliphatic carbocycles. The Hall–Kier alpha value is -1.41. The quantitative estimate of drug-likeness (QED) is 0.766. The van der Waals surface area contributed by atoms with Crippen LogP contribution in [0.2, 0.25) is 5.02 Å². The molecule has 1 aromatic rings. The Kier molecular flexibility index (Phi) is 3.20. The van der Waals surface area contributed by atoms with Crippen molar-refractivity contribution in [3.05, 3.63) is 22.5 Å². The Bertz CT molecular complexity index is 390. The van der Waals surface area contributed by atoms with Crippen LogP contribution in [-0.4, -0.2) is 12.1 Å². The van der Waals surface area contributed by atoms with E-state index in [0.717, 1.165) is 0 Å². The SMILES string of the molecule is COc1cc(C#N)nc(C(F)F)c1Cl. The molecule has 0 unspecified atom stereocenters. The molecule has 0 spiro atoms. The van der Waals surface area contributed by atoms with Gasteiger partial charge in [-0.05, 0) is 0 Å². The fraction of sp³-hybridized carbons (Fsp3) is 0.250. The van der Waals surface area contributed by atoms with Gasteiger partial charge in [-0.2, -0.15) is 5.26 Å². The second-order valence-corrected chi connectivity index (χ2v) is 2.70. The summed E-state index contributed by atoms with van der Waals surface area (Å²) in [4.78, 5) is 3.38. The van der Waals surface area contributed by atoms with E-state index in [4.69, 9.17) is 21.6 Å². The van der Waals surface area contributed by atoms with Crippen molar-refractivity contribution in [3.8, 4) is 11.8 Å². The third-order valence-corrected chi connectivity index (χ3v) is 1.87. The number of nitriles is 1. The molecular weight excluding hydrogens is 214 g/mol. The maximum Gasteiger partial charge on any atom is 0.282 e. The average Bonchev–Trinajstić information content (AvgIpc) is 2.17. The molecule has 0 saturated heterocycles. The summed E-state index contributed by atoms with van der Waals surface area (Å²) in [5, 5.41) is 8.24. The molecule has 1 rings (SSSR count). The largest absolute Gasteiger partial charge is 0.495 e. The van der Waals surface area contributed by atoms with Gasteiger partial charge in [0.2, 0.25) is 0 Å². The molecule has 0 aliphatic heterocycles. The first kappa shape index (κ1) is 10.7. The lowest BCUT2D eigenvalue weighted by atomic mass is 10.3. The van der Waals surface area contributed by atoms with Crippen LogP contribution in [0.25, 0.3) is 0 Å². The van der Waals surface area contributed by atoms with E-state index in [-0.39, 0.29) is 16.5 Å². The Labute approximate surface area is 83.9 Å². The zero-order valence-corrected chi connectivity index (χ0v) is 7.85.